The number of hydrogen-bond acceptors (Lipinski definition) is 6. The Morgan fingerprint density at radius 3 is 1.71 bits per heavy atom. The first-order valence-corrected chi connectivity index (χ1v) is 6.46. The van der Waals surface area contributed by atoms with Gasteiger partial charge in [-0.1, -0.05) is 6.92 Å². The normalized spacial score (nSPS) is 13.9. The van der Waals surface area contributed by atoms with Crippen LogP contribution < -0.4 is 0 Å². The topological polar surface area (TPSA) is 132 Å². The van der Waals surface area contributed by atoms with Gasteiger partial charge in [-0.25, -0.2) is 0 Å². The maximum absolute atomic E-state index is 10.5. The van der Waals surface area contributed by atoms with E-state index < -0.39 is 31.4 Å². The molecular weight excluding hydrogens is 238 g/mol. The lowest BCUT2D eigenvalue weighted by Crippen LogP contribution is -2.40. The first kappa shape index (κ1) is 13.7. The highest BCUT2D eigenvalue weighted by Crippen LogP contribution is 2.07. The molecule has 0 aliphatic heterocycles. The second kappa shape index (κ2) is 4.51. The molecule has 0 radical (unpaired) electrons. The second-order valence-corrected chi connectivity index (χ2v) is 5.96. The van der Waals surface area contributed by atoms with E-state index in [1.165, 1.54) is 6.92 Å². The van der Waals surface area contributed by atoms with E-state index in [4.69, 9.17) is 14.3 Å². The molecule has 0 atom stereocenters. The van der Waals surface area contributed by atoms with Crippen molar-refractivity contribution in [2.75, 3.05) is 13.1 Å². The maximum Gasteiger partial charge on any atom is 0.286 e. The molecule has 0 aliphatic rings. The lowest BCUT2D eigenvalue weighted by atomic mass is 10.6. The average Bonchev–Trinajstić information content (AvgIpc) is 1.95. The van der Waals surface area contributed by atoms with Crippen molar-refractivity contribution in [3.63, 3.8) is 0 Å². The van der Waals surface area contributed by atoms with E-state index in [1.54, 1.807) is 0 Å². The zero-order chi connectivity index (χ0) is 11.6. The van der Waals surface area contributed by atoms with Gasteiger partial charge < -0.3 is 5.21 Å². The molecule has 0 bridgehead atoms. The monoisotopic (exact) mass is 249 g/mol. The van der Waals surface area contributed by atoms with Gasteiger partial charge in [-0.2, -0.15) is 21.9 Å². The molecule has 3 N–H and O–H groups in total. The van der Waals surface area contributed by atoms with E-state index in [0.717, 1.165) is 0 Å². The quantitative estimate of drug-likeness (QED) is 0.409. The lowest BCUT2D eigenvalue weighted by molar-refractivity contribution is -0.0829. The van der Waals surface area contributed by atoms with Gasteiger partial charge in [0.05, 0.1) is 6.54 Å². The maximum atomic E-state index is 10.5. The van der Waals surface area contributed by atoms with Crippen molar-refractivity contribution >= 4 is 20.2 Å². The van der Waals surface area contributed by atoms with Crippen molar-refractivity contribution in [2.45, 2.75) is 11.5 Å². The van der Waals surface area contributed by atoms with E-state index in [0.29, 0.717) is 5.06 Å². The molecule has 10 heteroatoms. The third-order valence-electron chi connectivity index (χ3n) is 1.39. The number of nitrogens with zero attached hydrogens (tertiary/aromatic N) is 1. The van der Waals surface area contributed by atoms with Crippen LogP contribution in [0.1, 0.15) is 6.92 Å². The molecule has 0 aromatic carbocycles. The lowest BCUT2D eigenvalue weighted by Gasteiger charge is -2.16. The van der Waals surface area contributed by atoms with Crippen molar-refractivity contribution in [2.24, 2.45) is 0 Å². The molecule has 0 unspecified atom stereocenters. The summed E-state index contributed by atoms with van der Waals surface area (Å²) in [7, 11) is -9.93. The summed E-state index contributed by atoms with van der Waals surface area (Å²) in [6, 6.07) is 0. The average molecular weight is 249 g/mol. The molecule has 0 rings (SSSR count). The van der Waals surface area contributed by atoms with Gasteiger partial charge in [-0.15, -0.1) is 0 Å². The predicted octanol–water partition coefficient (Wildman–Crippen LogP) is -1.20. The van der Waals surface area contributed by atoms with Crippen molar-refractivity contribution < 1.29 is 31.1 Å². The number of hydroxylamine groups is 2. The van der Waals surface area contributed by atoms with Crippen LogP contribution in [0.4, 0.5) is 0 Å². The highest BCUT2D eigenvalue weighted by Gasteiger charge is 2.36. The summed E-state index contributed by atoms with van der Waals surface area (Å²) in [5.74, 6) is 0. The first-order valence-electron chi connectivity index (χ1n) is 3.45. The van der Waals surface area contributed by atoms with Crippen molar-refractivity contribution in [1.82, 2.24) is 5.06 Å². The van der Waals surface area contributed by atoms with Gasteiger partial charge >= 0.3 is 0 Å². The molecule has 0 fully saturated rings. The highest BCUT2D eigenvalue weighted by atomic mass is 32.3. The minimum absolute atomic E-state index is 0.0540. The standard InChI is InChI=1S/C4H11NO7S2/c1-2-5(6)3-4(13(7,8)9)14(10,11)12/h4,6H,2-3H2,1H3,(H,7,8,9)(H,10,11,12). The fraction of sp³-hybridized carbons (Fsp3) is 1.00. The summed E-state index contributed by atoms with van der Waals surface area (Å²) in [4.78, 5) is 0. The van der Waals surface area contributed by atoms with Crippen LogP contribution in [-0.2, 0) is 20.2 Å². The minimum Gasteiger partial charge on any atom is -0.314 e. The summed E-state index contributed by atoms with van der Waals surface area (Å²) in [5.41, 5.74) is 0. The fourth-order valence-corrected chi connectivity index (χ4v) is 2.59. The number of hydrogen-bond donors (Lipinski definition) is 3. The van der Waals surface area contributed by atoms with Crippen molar-refractivity contribution in [1.29, 1.82) is 0 Å². The van der Waals surface area contributed by atoms with Gasteiger partial charge in [0.1, 0.15) is 0 Å². The Morgan fingerprint density at radius 2 is 1.50 bits per heavy atom. The smallest absolute Gasteiger partial charge is 0.286 e. The predicted molar refractivity (Wildman–Crippen MR) is 45.9 cm³/mol. The molecule has 86 valence electrons. The van der Waals surface area contributed by atoms with Crippen LogP contribution in [0, 0.1) is 0 Å². The largest absolute Gasteiger partial charge is 0.314 e. The second-order valence-electron chi connectivity index (χ2n) is 2.46. The van der Waals surface area contributed by atoms with Crippen LogP contribution in [-0.4, -0.2) is 53.9 Å². The van der Waals surface area contributed by atoms with E-state index in [1.807, 2.05) is 0 Å². The summed E-state index contributed by atoms with van der Waals surface area (Å²) in [5, 5.41) is 9.18. The molecule has 0 aromatic rings. The Bertz CT molecular complexity index is 338. The van der Waals surface area contributed by atoms with E-state index in [-0.39, 0.29) is 6.54 Å². The molecule has 8 nitrogen and oxygen atoms in total. The van der Waals surface area contributed by atoms with Crippen LogP contribution in [0.25, 0.3) is 0 Å². The first-order chi connectivity index (χ1) is 6.09. The third-order valence-corrected chi connectivity index (χ3v) is 4.48. The summed E-state index contributed by atoms with van der Waals surface area (Å²) in [6.07, 6.45) is 0. The molecule has 0 spiro atoms. The van der Waals surface area contributed by atoms with Crippen LogP contribution in [0.15, 0.2) is 0 Å². The molecular formula is C4H11NO7S2. The summed E-state index contributed by atoms with van der Waals surface area (Å²) in [6.45, 7) is 0.445. The number of rotatable bonds is 5. The van der Waals surface area contributed by atoms with Gasteiger partial charge in [0.25, 0.3) is 20.2 Å². The molecule has 0 aliphatic carbocycles. The zero-order valence-corrected chi connectivity index (χ0v) is 8.86. The Balaban J connectivity index is 4.98. The van der Waals surface area contributed by atoms with E-state index >= 15 is 0 Å². The minimum atomic E-state index is -4.97. The Hall–Kier alpha value is -0.260. The van der Waals surface area contributed by atoms with Gasteiger partial charge in [-0.05, 0) is 0 Å². The molecule has 0 saturated carbocycles. The molecule has 0 heterocycles. The van der Waals surface area contributed by atoms with Crippen LogP contribution in [0.3, 0.4) is 0 Å². The van der Waals surface area contributed by atoms with Crippen molar-refractivity contribution in [3.05, 3.63) is 0 Å². The highest BCUT2D eigenvalue weighted by molar-refractivity contribution is 8.04. The van der Waals surface area contributed by atoms with E-state index in [9.17, 15) is 16.8 Å². The Labute approximate surface area is 81.6 Å². The van der Waals surface area contributed by atoms with Crippen LogP contribution in [0.2, 0.25) is 0 Å². The molecule has 0 saturated heterocycles. The van der Waals surface area contributed by atoms with Gasteiger partial charge in [-0.3, -0.25) is 9.11 Å². The third kappa shape index (κ3) is 4.30. The molecule has 0 amide bonds. The zero-order valence-electron chi connectivity index (χ0n) is 7.23. The fourth-order valence-electron chi connectivity index (χ4n) is 0.643. The Morgan fingerprint density at radius 1 is 1.14 bits per heavy atom. The Kier molecular flexibility index (Phi) is 4.42. The SMILES string of the molecule is CCN(O)CC(S(=O)(=O)O)S(=O)(=O)O. The van der Waals surface area contributed by atoms with Crippen LogP contribution >= 0.6 is 0 Å². The molecule has 0 aromatic heterocycles. The van der Waals surface area contributed by atoms with Crippen LogP contribution in [0.5, 0.6) is 0 Å². The van der Waals surface area contributed by atoms with Gasteiger partial charge in [0, 0.05) is 6.54 Å². The van der Waals surface area contributed by atoms with Gasteiger partial charge in [0.2, 0.25) is 4.58 Å². The van der Waals surface area contributed by atoms with E-state index in [2.05, 4.69) is 0 Å². The summed E-state index contributed by atoms with van der Waals surface area (Å²) >= 11 is 0. The van der Waals surface area contributed by atoms with Gasteiger partial charge in [0.15, 0.2) is 0 Å². The van der Waals surface area contributed by atoms with Crippen molar-refractivity contribution in [3.8, 4) is 0 Å². The summed E-state index contributed by atoms with van der Waals surface area (Å²) < 4.78 is 56.5. The molecule has 14 heavy (non-hydrogen) atoms.